The Bertz CT molecular complexity index is 622. The Balaban J connectivity index is 1.78. The van der Waals surface area contributed by atoms with E-state index in [4.69, 9.17) is 4.74 Å². The van der Waals surface area contributed by atoms with Crippen molar-refractivity contribution in [3.05, 3.63) is 59.7 Å². The maximum absolute atomic E-state index is 11.4. The van der Waals surface area contributed by atoms with E-state index in [1.54, 1.807) is 0 Å². The van der Waals surface area contributed by atoms with E-state index in [1.807, 2.05) is 55.5 Å². The predicted molar refractivity (Wildman–Crippen MR) is 78.9 cm³/mol. The van der Waals surface area contributed by atoms with E-state index in [0.717, 1.165) is 23.4 Å². The molecule has 1 unspecified atom stereocenters. The Labute approximate surface area is 118 Å². The zero-order chi connectivity index (χ0) is 13.9. The van der Waals surface area contributed by atoms with Crippen LogP contribution in [0.4, 0.5) is 5.69 Å². The summed E-state index contributed by atoms with van der Waals surface area (Å²) in [6.45, 7) is 2.02. The number of nitrogens with one attached hydrogen (secondary N) is 1. The molecule has 20 heavy (non-hydrogen) atoms. The number of carbonyl (C=O) groups excluding carboxylic acids is 1. The van der Waals surface area contributed by atoms with Crippen LogP contribution in [0.25, 0.3) is 0 Å². The molecule has 1 N–H and O–H groups in total. The quantitative estimate of drug-likeness (QED) is 0.920. The second-order valence-corrected chi connectivity index (χ2v) is 5.04. The molecule has 3 heteroatoms. The summed E-state index contributed by atoms with van der Waals surface area (Å²) in [4.78, 5) is 11.4. The highest BCUT2D eigenvalue weighted by molar-refractivity contribution is 5.94. The average molecular weight is 267 g/mol. The highest BCUT2D eigenvalue weighted by Gasteiger charge is 2.16. The molecular formula is C17H17NO2. The molecule has 0 saturated heterocycles. The highest BCUT2D eigenvalue weighted by atomic mass is 16.5. The van der Waals surface area contributed by atoms with Crippen molar-refractivity contribution in [2.75, 3.05) is 5.32 Å². The largest absolute Gasteiger partial charge is 0.486 e. The van der Waals surface area contributed by atoms with Gasteiger partial charge < -0.3 is 10.1 Å². The van der Waals surface area contributed by atoms with Gasteiger partial charge in [-0.15, -0.1) is 0 Å². The van der Waals surface area contributed by atoms with Gasteiger partial charge >= 0.3 is 0 Å². The third kappa shape index (κ3) is 2.67. The molecule has 1 amide bonds. The van der Waals surface area contributed by atoms with Crippen molar-refractivity contribution < 1.29 is 9.53 Å². The summed E-state index contributed by atoms with van der Waals surface area (Å²) in [7, 11) is 0. The zero-order valence-electron chi connectivity index (χ0n) is 11.4. The lowest BCUT2D eigenvalue weighted by Crippen LogP contribution is -2.18. The van der Waals surface area contributed by atoms with Gasteiger partial charge in [-0.05, 0) is 30.5 Å². The molecule has 3 nitrogen and oxygen atoms in total. The van der Waals surface area contributed by atoms with Crippen LogP contribution in [0.3, 0.4) is 0 Å². The van der Waals surface area contributed by atoms with Gasteiger partial charge in [-0.2, -0.15) is 0 Å². The second-order valence-electron chi connectivity index (χ2n) is 5.04. The molecule has 1 aliphatic rings. The summed E-state index contributed by atoms with van der Waals surface area (Å²) in [6.07, 6.45) is 1.34. The number of aryl methyl sites for hydroxylation is 1. The van der Waals surface area contributed by atoms with Crippen LogP contribution in [0.1, 0.15) is 30.6 Å². The lowest BCUT2D eigenvalue weighted by molar-refractivity contribution is -0.116. The van der Waals surface area contributed by atoms with Crippen LogP contribution in [-0.4, -0.2) is 5.91 Å². The summed E-state index contributed by atoms with van der Waals surface area (Å²) in [5.41, 5.74) is 3.18. The molecule has 0 bridgehead atoms. The standard InChI is InChI=1S/C17H17NO2/c1-12(13-5-3-2-4-6-13)20-15-9-7-14-8-10-17(19)18-16(14)11-15/h2-7,9,11-12H,8,10H2,1H3,(H,18,19). The number of anilines is 1. The first-order valence-electron chi connectivity index (χ1n) is 6.87. The smallest absolute Gasteiger partial charge is 0.224 e. The minimum atomic E-state index is -0.0199. The van der Waals surface area contributed by atoms with Crippen LogP contribution in [-0.2, 0) is 11.2 Å². The lowest BCUT2D eigenvalue weighted by Gasteiger charge is -2.20. The molecule has 0 spiro atoms. The molecule has 102 valence electrons. The van der Waals surface area contributed by atoms with E-state index in [9.17, 15) is 4.79 Å². The van der Waals surface area contributed by atoms with Gasteiger partial charge in [0.2, 0.25) is 5.91 Å². The zero-order valence-corrected chi connectivity index (χ0v) is 11.4. The summed E-state index contributed by atoms with van der Waals surface area (Å²) < 4.78 is 5.95. The topological polar surface area (TPSA) is 38.3 Å². The molecular weight excluding hydrogens is 250 g/mol. The molecule has 1 heterocycles. The first-order valence-corrected chi connectivity index (χ1v) is 6.87. The van der Waals surface area contributed by atoms with Crippen molar-refractivity contribution in [3.63, 3.8) is 0 Å². The summed E-state index contributed by atoms with van der Waals surface area (Å²) in [5, 5.41) is 2.89. The molecule has 0 saturated carbocycles. The van der Waals surface area contributed by atoms with Gasteiger partial charge in [0.25, 0.3) is 0 Å². The molecule has 0 aromatic heterocycles. The molecule has 3 rings (SSSR count). The first-order chi connectivity index (χ1) is 9.72. The Morgan fingerprint density at radius 3 is 2.70 bits per heavy atom. The van der Waals surface area contributed by atoms with Gasteiger partial charge in [0.05, 0.1) is 0 Å². The van der Waals surface area contributed by atoms with Crippen molar-refractivity contribution in [1.82, 2.24) is 0 Å². The van der Waals surface area contributed by atoms with Gasteiger partial charge in [-0.25, -0.2) is 0 Å². The number of fused-ring (bicyclic) bond motifs is 1. The molecule has 0 aliphatic carbocycles. The number of hydrogen-bond donors (Lipinski definition) is 1. The third-order valence-corrected chi connectivity index (χ3v) is 3.56. The van der Waals surface area contributed by atoms with Crippen molar-refractivity contribution >= 4 is 11.6 Å². The van der Waals surface area contributed by atoms with Crippen molar-refractivity contribution in [2.45, 2.75) is 25.9 Å². The van der Waals surface area contributed by atoms with Crippen LogP contribution in [0, 0.1) is 0 Å². The predicted octanol–water partition coefficient (Wildman–Crippen LogP) is 3.71. The van der Waals surface area contributed by atoms with Gasteiger partial charge in [-0.3, -0.25) is 4.79 Å². The minimum absolute atomic E-state index is 0.0199. The summed E-state index contributed by atoms with van der Waals surface area (Å²) >= 11 is 0. The normalized spacial score (nSPS) is 15.2. The van der Waals surface area contributed by atoms with Crippen LogP contribution in [0.2, 0.25) is 0 Å². The van der Waals surface area contributed by atoms with Crippen LogP contribution in [0.5, 0.6) is 5.75 Å². The Hall–Kier alpha value is -2.29. The van der Waals surface area contributed by atoms with Crippen molar-refractivity contribution in [1.29, 1.82) is 0 Å². The summed E-state index contributed by atoms with van der Waals surface area (Å²) in [6, 6.07) is 16.0. The second kappa shape index (κ2) is 5.37. The molecule has 2 aromatic carbocycles. The fraction of sp³-hybridized carbons (Fsp3) is 0.235. The number of benzene rings is 2. The van der Waals surface area contributed by atoms with Crippen LogP contribution < -0.4 is 10.1 Å². The number of rotatable bonds is 3. The Morgan fingerprint density at radius 1 is 1.10 bits per heavy atom. The Kier molecular flexibility index (Phi) is 3.42. The lowest BCUT2D eigenvalue weighted by atomic mass is 10.0. The average Bonchev–Trinajstić information content (AvgIpc) is 2.47. The summed E-state index contributed by atoms with van der Waals surface area (Å²) in [5.74, 6) is 0.855. The van der Waals surface area contributed by atoms with E-state index >= 15 is 0 Å². The van der Waals surface area contributed by atoms with Crippen molar-refractivity contribution in [3.8, 4) is 5.75 Å². The monoisotopic (exact) mass is 267 g/mol. The molecule has 0 radical (unpaired) electrons. The molecule has 0 fully saturated rings. The van der Waals surface area contributed by atoms with Crippen molar-refractivity contribution in [2.24, 2.45) is 0 Å². The SMILES string of the molecule is CC(Oc1ccc2c(c1)NC(=O)CC2)c1ccccc1. The van der Waals surface area contributed by atoms with Gasteiger partial charge in [0.15, 0.2) is 0 Å². The molecule has 1 aliphatic heterocycles. The van der Waals surface area contributed by atoms with E-state index < -0.39 is 0 Å². The van der Waals surface area contributed by atoms with E-state index in [0.29, 0.717) is 6.42 Å². The molecule has 2 aromatic rings. The van der Waals surface area contributed by atoms with Gasteiger partial charge in [0, 0.05) is 18.2 Å². The van der Waals surface area contributed by atoms with Crippen LogP contribution in [0.15, 0.2) is 48.5 Å². The number of amides is 1. The van der Waals surface area contributed by atoms with E-state index in [1.165, 1.54) is 5.56 Å². The third-order valence-electron chi connectivity index (χ3n) is 3.56. The fourth-order valence-corrected chi connectivity index (χ4v) is 2.42. The van der Waals surface area contributed by atoms with E-state index in [-0.39, 0.29) is 12.0 Å². The highest BCUT2D eigenvalue weighted by Crippen LogP contribution is 2.29. The van der Waals surface area contributed by atoms with E-state index in [2.05, 4.69) is 5.32 Å². The first kappa shape index (κ1) is 12.7. The number of hydrogen-bond acceptors (Lipinski definition) is 2. The fourth-order valence-electron chi connectivity index (χ4n) is 2.42. The maximum Gasteiger partial charge on any atom is 0.224 e. The number of carbonyl (C=O) groups is 1. The number of ether oxygens (including phenoxy) is 1. The van der Waals surface area contributed by atoms with Crippen LogP contribution >= 0.6 is 0 Å². The molecule has 1 atom stereocenters. The Morgan fingerprint density at radius 2 is 1.90 bits per heavy atom. The van der Waals surface area contributed by atoms with Gasteiger partial charge in [0.1, 0.15) is 11.9 Å². The van der Waals surface area contributed by atoms with Gasteiger partial charge in [-0.1, -0.05) is 36.4 Å². The minimum Gasteiger partial charge on any atom is -0.486 e. The maximum atomic E-state index is 11.4.